The largest absolute Gasteiger partial charge is 0.241 e. The molecule has 0 aliphatic heterocycles. The Labute approximate surface area is 116 Å². The number of hydrogen-bond donors (Lipinski definition) is 1. The van der Waals surface area contributed by atoms with E-state index in [1.165, 1.54) is 23.5 Å². The van der Waals surface area contributed by atoms with Crippen molar-refractivity contribution in [3.63, 3.8) is 0 Å². The second-order valence-electron chi connectivity index (χ2n) is 4.00. The summed E-state index contributed by atoms with van der Waals surface area (Å²) in [4.78, 5) is 1.05. The molecule has 0 bridgehead atoms. The van der Waals surface area contributed by atoms with Crippen molar-refractivity contribution in [3.05, 3.63) is 52.2 Å². The third-order valence-corrected chi connectivity index (χ3v) is 5.17. The first-order valence-electron chi connectivity index (χ1n) is 5.59. The Kier molecular flexibility index (Phi) is 4.00. The Morgan fingerprint density at radius 2 is 2.11 bits per heavy atom. The topological polar surface area (TPSA) is 70.0 Å². The van der Waals surface area contributed by atoms with Gasteiger partial charge in [0.2, 0.25) is 10.0 Å². The molecule has 0 aliphatic rings. The molecular weight excluding hydrogens is 280 g/mol. The summed E-state index contributed by atoms with van der Waals surface area (Å²) in [6.45, 7) is 1.79. The van der Waals surface area contributed by atoms with Gasteiger partial charge in [-0.3, -0.25) is 0 Å². The Morgan fingerprint density at radius 3 is 2.74 bits per heavy atom. The lowest BCUT2D eigenvalue weighted by molar-refractivity contribution is 0.568. The molecule has 0 amide bonds. The lowest BCUT2D eigenvalue weighted by Crippen LogP contribution is -2.26. The maximum Gasteiger partial charge on any atom is 0.241 e. The lowest BCUT2D eigenvalue weighted by Gasteiger charge is -2.12. The van der Waals surface area contributed by atoms with Crippen molar-refractivity contribution < 1.29 is 8.42 Å². The zero-order valence-corrected chi connectivity index (χ0v) is 11.8. The molecule has 0 saturated heterocycles. The molecule has 19 heavy (non-hydrogen) atoms. The average Bonchev–Trinajstić information content (AvgIpc) is 2.92. The predicted octanol–water partition coefficient (Wildman–Crippen LogP) is 2.66. The third-order valence-electron chi connectivity index (χ3n) is 2.58. The molecule has 1 unspecified atom stereocenters. The van der Waals surface area contributed by atoms with Gasteiger partial charge in [0.15, 0.2) is 0 Å². The summed E-state index contributed by atoms with van der Waals surface area (Å²) in [5, 5.41) is 10.7. The van der Waals surface area contributed by atoms with Crippen LogP contribution in [0.4, 0.5) is 0 Å². The molecule has 1 heterocycles. The second-order valence-corrected chi connectivity index (χ2v) is 6.69. The fraction of sp³-hybridized carbons (Fsp3) is 0.154. The van der Waals surface area contributed by atoms with E-state index in [2.05, 4.69) is 4.72 Å². The van der Waals surface area contributed by atoms with Gasteiger partial charge in [-0.2, -0.15) is 5.26 Å². The van der Waals surface area contributed by atoms with Crippen molar-refractivity contribution in [1.29, 1.82) is 5.26 Å². The maximum atomic E-state index is 12.2. The Morgan fingerprint density at radius 1 is 1.32 bits per heavy atom. The van der Waals surface area contributed by atoms with Crippen molar-refractivity contribution >= 4 is 21.4 Å². The summed E-state index contributed by atoms with van der Waals surface area (Å²) < 4.78 is 27.0. The fourth-order valence-electron chi connectivity index (χ4n) is 1.63. The van der Waals surface area contributed by atoms with Crippen molar-refractivity contribution in [2.75, 3.05) is 0 Å². The minimum absolute atomic E-state index is 0.106. The van der Waals surface area contributed by atoms with E-state index in [1.54, 1.807) is 19.1 Å². The molecule has 0 fully saturated rings. The van der Waals surface area contributed by atoms with Gasteiger partial charge in [-0.25, -0.2) is 13.1 Å². The SMILES string of the molecule is CC(NS(=O)(=O)c1cccc(C#N)c1)c1cccs1. The minimum Gasteiger partial charge on any atom is -0.207 e. The van der Waals surface area contributed by atoms with Crippen LogP contribution < -0.4 is 4.72 Å². The van der Waals surface area contributed by atoms with Crippen LogP contribution >= 0.6 is 11.3 Å². The monoisotopic (exact) mass is 292 g/mol. The molecule has 4 nitrogen and oxygen atoms in total. The van der Waals surface area contributed by atoms with E-state index in [1.807, 2.05) is 23.6 Å². The molecule has 2 aromatic rings. The van der Waals surface area contributed by atoms with Crippen molar-refractivity contribution in [1.82, 2.24) is 4.72 Å². The molecule has 1 aromatic heterocycles. The van der Waals surface area contributed by atoms with E-state index in [9.17, 15) is 8.42 Å². The number of nitriles is 1. The van der Waals surface area contributed by atoms with E-state index in [0.29, 0.717) is 5.56 Å². The van der Waals surface area contributed by atoms with E-state index in [0.717, 1.165) is 4.88 Å². The highest BCUT2D eigenvalue weighted by Gasteiger charge is 2.19. The van der Waals surface area contributed by atoms with Crippen LogP contribution in [0.15, 0.2) is 46.7 Å². The third kappa shape index (κ3) is 3.20. The van der Waals surface area contributed by atoms with Crippen LogP contribution in [0.1, 0.15) is 23.4 Å². The molecule has 1 N–H and O–H groups in total. The molecule has 0 spiro atoms. The summed E-state index contributed by atoms with van der Waals surface area (Å²) in [6, 6.07) is 11.4. The normalized spacial score (nSPS) is 12.8. The summed E-state index contributed by atoms with van der Waals surface area (Å²) >= 11 is 1.50. The Balaban J connectivity index is 2.25. The summed E-state index contributed by atoms with van der Waals surface area (Å²) in [7, 11) is -3.61. The Hall–Kier alpha value is -1.68. The van der Waals surface area contributed by atoms with Gasteiger partial charge in [-0.1, -0.05) is 12.1 Å². The highest BCUT2D eigenvalue weighted by Crippen LogP contribution is 2.21. The van der Waals surface area contributed by atoms with Crippen LogP contribution in [0, 0.1) is 11.3 Å². The van der Waals surface area contributed by atoms with E-state index < -0.39 is 10.0 Å². The fourth-order valence-corrected chi connectivity index (χ4v) is 3.71. The first-order chi connectivity index (χ1) is 9.03. The number of hydrogen-bond acceptors (Lipinski definition) is 4. The number of nitrogens with zero attached hydrogens (tertiary/aromatic N) is 1. The molecular formula is C13H12N2O2S2. The van der Waals surface area contributed by atoms with Gasteiger partial charge in [0.05, 0.1) is 22.6 Å². The quantitative estimate of drug-likeness (QED) is 0.941. The minimum atomic E-state index is -3.61. The van der Waals surface area contributed by atoms with E-state index >= 15 is 0 Å². The average molecular weight is 292 g/mol. The summed E-state index contributed by atoms with van der Waals surface area (Å²) in [5.74, 6) is 0. The van der Waals surface area contributed by atoms with Crippen LogP contribution in [0.5, 0.6) is 0 Å². The number of nitrogens with one attached hydrogen (secondary N) is 1. The van der Waals surface area contributed by atoms with Crippen LogP contribution in [-0.4, -0.2) is 8.42 Å². The van der Waals surface area contributed by atoms with Crippen molar-refractivity contribution in [2.45, 2.75) is 17.9 Å². The summed E-state index contributed by atoms with van der Waals surface area (Å²) in [6.07, 6.45) is 0. The van der Waals surface area contributed by atoms with Gasteiger partial charge in [-0.05, 0) is 36.6 Å². The standard InChI is InChI=1S/C13H12N2O2S2/c1-10(13-6-3-7-18-13)15-19(16,17)12-5-2-4-11(8-12)9-14/h2-8,10,15H,1H3. The van der Waals surface area contributed by atoms with Gasteiger partial charge in [0.25, 0.3) is 0 Å². The smallest absolute Gasteiger partial charge is 0.207 e. The predicted molar refractivity (Wildman–Crippen MR) is 74.2 cm³/mol. The van der Waals surface area contributed by atoms with E-state index in [-0.39, 0.29) is 10.9 Å². The van der Waals surface area contributed by atoms with Gasteiger partial charge >= 0.3 is 0 Å². The first-order valence-corrected chi connectivity index (χ1v) is 7.95. The van der Waals surface area contributed by atoms with Gasteiger partial charge in [0, 0.05) is 4.88 Å². The number of sulfonamides is 1. The molecule has 98 valence electrons. The molecule has 6 heteroatoms. The Bertz CT molecular complexity index is 700. The molecule has 1 atom stereocenters. The zero-order chi connectivity index (χ0) is 13.9. The van der Waals surface area contributed by atoms with Crippen LogP contribution in [0.25, 0.3) is 0 Å². The number of thiophene rings is 1. The van der Waals surface area contributed by atoms with Gasteiger partial charge in [-0.15, -0.1) is 11.3 Å². The van der Waals surface area contributed by atoms with Crippen LogP contribution in [-0.2, 0) is 10.0 Å². The number of benzene rings is 1. The van der Waals surface area contributed by atoms with Crippen LogP contribution in [0.3, 0.4) is 0 Å². The van der Waals surface area contributed by atoms with Crippen molar-refractivity contribution in [3.8, 4) is 6.07 Å². The van der Waals surface area contributed by atoms with Crippen LogP contribution in [0.2, 0.25) is 0 Å². The molecule has 0 radical (unpaired) electrons. The highest BCUT2D eigenvalue weighted by atomic mass is 32.2. The summed E-state index contributed by atoms with van der Waals surface area (Å²) in [5.41, 5.74) is 0.326. The number of rotatable bonds is 4. The molecule has 0 aliphatic carbocycles. The van der Waals surface area contributed by atoms with Crippen molar-refractivity contribution in [2.24, 2.45) is 0 Å². The van der Waals surface area contributed by atoms with Gasteiger partial charge in [0.1, 0.15) is 0 Å². The molecule has 0 saturated carbocycles. The highest BCUT2D eigenvalue weighted by molar-refractivity contribution is 7.89. The molecule has 2 rings (SSSR count). The molecule has 1 aromatic carbocycles. The van der Waals surface area contributed by atoms with Gasteiger partial charge < -0.3 is 0 Å². The first kappa shape index (κ1) is 13.7. The van der Waals surface area contributed by atoms with E-state index in [4.69, 9.17) is 5.26 Å². The lowest BCUT2D eigenvalue weighted by atomic mass is 10.2. The zero-order valence-electron chi connectivity index (χ0n) is 10.2. The maximum absolute atomic E-state index is 12.2. The second kappa shape index (κ2) is 5.53.